The van der Waals surface area contributed by atoms with Crippen LogP contribution in [0.25, 0.3) is 5.69 Å². The summed E-state index contributed by atoms with van der Waals surface area (Å²) in [6.45, 7) is 8.00. The number of halogens is 1. The second kappa shape index (κ2) is 9.93. The van der Waals surface area contributed by atoms with Crippen LogP contribution in [0.4, 0.5) is 0 Å². The summed E-state index contributed by atoms with van der Waals surface area (Å²) < 4.78 is 13.5. The SMILES string of the molecule is COCCOCCCNCc1c(C)nn(-c2ccc(Br)cc2)c1C. The van der Waals surface area contributed by atoms with E-state index in [9.17, 15) is 0 Å². The van der Waals surface area contributed by atoms with Crippen molar-refractivity contribution in [1.29, 1.82) is 0 Å². The predicted molar refractivity (Wildman–Crippen MR) is 99.8 cm³/mol. The minimum atomic E-state index is 0.654. The molecule has 0 amide bonds. The highest BCUT2D eigenvalue weighted by atomic mass is 79.9. The molecule has 0 spiro atoms. The maximum Gasteiger partial charge on any atom is 0.0700 e. The van der Waals surface area contributed by atoms with E-state index in [1.807, 2.05) is 16.8 Å². The van der Waals surface area contributed by atoms with Gasteiger partial charge in [-0.3, -0.25) is 0 Å². The first-order valence-corrected chi connectivity index (χ1v) is 9.01. The number of aromatic nitrogens is 2. The van der Waals surface area contributed by atoms with Crippen molar-refractivity contribution in [2.75, 3.05) is 33.5 Å². The van der Waals surface area contributed by atoms with Crippen LogP contribution in [0.15, 0.2) is 28.7 Å². The molecule has 24 heavy (non-hydrogen) atoms. The van der Waals surface area contributed by atoms with Crippen LogP contribution in [0.1, 0.15) is 23.4 Å². The summed E-state index contributed by atoms with van der Waals surface area (Å²) in [6.07, 6.45) is 0.989. The van der Waals surface area contributed by atoms with Crippen molar-refractivity contribution in [3.8, 4) is 5.69 Å². The van der Waals surface area contributed by atoms with Gasteiger partial charge in [-0.15, -0.1) is 0 Å². The molecule has 0 aliphatic rings. The normalized spacial score (nSPS) is 11.2. The third-order valence-corrected chi connectivity index (χ3v) is 4.42. The lowest BCUT2D eigenvalue weighted by atomic mass is 10.2. The third-order valence-electron chi connectivity index (χ3n) is 3.89. The molecule has 2 aromatic rings. The first-order chi connectivity index (χ1) is 11.6. The van der Waals surface area contributed by atoms with Crippen LogP contribution >= 0.6 is 15.9 Å². The average Bonchev–Trinajstić information content (AvgIpc) is 2.86. The molecule has 1 aromatic heterocycles. The van der Waals surface area contributed by atoms with Crippen LogP contribution in [0, 0.1) is 13.8 Å². The van der Waals surface area contributed by atoms with Crippen LogP contribution in [0.5, 0.6) is 0 Å². The molecule has 1 heterocycles. The molecule has 1 N–H and O–H groups in total. The lowest BCUT2D eigenvalue weighted by Gasteiger charge is -2.07. The van der Waals surface area contributed by atoms with E-state index in [-0.39, 0.29) is 0 Å². The molecular formula is C18H26BrN3O2. The van der Waals surface area contributed by atoms with E-state index in [0.717, 1.165) is 42.0 Å². The Morgan fingerprint density at radius 3 is 2.58 bits per heavy atom. The Morgan fingerprint density at radius 2 is 1.88 bits per heavy atom. The van der Waals surface area contributed by atoms with Crippen molar-refractivity contribution in [3.63, 3.8) is 0 Å². The van der Waals surface area contributed by atoms with Gasteiger partial charge in [-0.1, -0.05) is 15.9 Å². The minimum absolute atomic E-state index is 0.654. The molecule has 0 fully saturated rings. The Morgan fingerprint density at radius 1 is 1.12 bits per heavy atom. The van der Waals surface area contributed by atoms with Gasteiger partial charge in [-0.25, -0.2) is 4.68 Å². The number of aryl methyl sites for hydroxylation is 1. The topological polar surface area (TPSA) is 48.3 Å². The van der Waals surface area contributed by atoms with Crippen LogP contribution in [-0.4, -0.2) is 43.3 Å². The highest BCUT2D eigenvalue weighted by Gasteiger charge is 2.12. The molecule has 0 radical (unpaired) electrons. The fourth-order valence-electron chi connectivity index (χ4n) is 2.52. The van der Waals surface area contributed by atoms with Crippen LogP contribution in [0.3, 0.4) is 0 Å². The Bertz CT molecular complexity index is 626. The van der Waals surface area contributed by atoms with Gasteiger partial charge in [0, 0.05) is 36.0 Å². The molecular weight excluding hydrogens is 370 g/mol. The zero-order valence-corrected chi connectivity index (χ0v) is 16.2. The smallest absolute Gasteiger partial charge is 0.0700 e. The summed E-state index contributed by atoms with van der Waals surface area (Å²) in [6, 6.07) is 8.21. The fourth-order valence-corrected chi connectivity index (χ4v) is 2.79. The molecule has 1 aromatic carbocycles. The Balaban J connectivity index is 1.84. The molecule has 132 valence electrons. The summed E-state index contributed by atoms with van der Waals surface area (Å²) in [7, 11) is 1.68. The van der Waals surface area contributed by atoms with Gasteiger partial charge in [0.15, 0.2) is 0 Å². The van der Waals surface area contributed by atoms with Gasteiger partial charge in [0.05, 0.1) is 24.6 Å². The van der Waals surface area contributed by atoms with Gasteiger partial charge >= 0.3 is 0 Å². The molecule has 5 nitrogen and oxygen atoms in total. The van der Waals surface area contributed by atoms with Crippen LogP contribution < -0.4 is 5.32 Å². The maximum absolute atomic E-state index is 5.46. The molecule has 6 heteroatoms. The number of hydrogen-bond acceptors (Lipinski definition) is 4. The third kappa shape index (κ3) is 5.41. The zero-order chi connectivity index (χ0) is 17.4. The second-order valence-corrected chi connectivity index (χ2v) is 6.59. The fraction of sp³-hybridized carbons (Fsp3) is 0.500. The van der Waals surface area contributed by atoms with Gasteiger partial charge in [-0.05, 0) is 51.1 Å². The zero-order valence-electron chi connectivity index (χ0n) is 14.6. The van der Waals surface area contributed by atoms with Gasteiger partial charge < -0.3 is 14.8 Å². The number of rotatable bonds is 10. The molecule has 0 saturated carbocycles. The second-order valence-electron chi connectivity index (χ2n) is 5.67. The van der Waals surface area contributed by atoms with Crippen molar-refractivity contribution in [2.24, 2.45) is 0 Å². The van der Waals surface area contributed by atoms with E-state index >= 15 is 0 Å². The van der Waals surface area contributed by atoms with E-state index < -0.39 is 0 Å². The Kier molecular flexibility index (Phi) is 7.91. The maximum atomic E-state index is 5.46. The van der Waals surface area contributed by atoms with Gasteiger partial charge in [0.1, 0.15) is 0 Å². The van der Waals surface area contributed by atoms with Crippen LogP contribution in [-0.2, 0) is 16.0 Å². The Labute approximate surface area is 152 Å². The van der Waals surface area contributed by atoms with E-state index in [1.54, 1.807) is 7.11 Å². The lowest BCUT2D eigenvalue weighted by Crippen LogP contribution is -2.17. The minimum Gasteiger partial charge on any atom is -0.382 e. The number of benzene rings is 1. The molecule has 0 aliphatic carbocycles. The highest BCUT2D eigenvalue weighted by Crippen LogP contribution is 2.19. The summed E-state index contributed by atoms with van der Waals surface area (Å²) >= 11 is 3.47. The quantitative estimate of drug-likeness (QED) is 0.626. The van der Waals surface area contributed by atoms with Crippen LogP contribution in [0.2, 0.25) is 0 Å². The van der Waals surface area contributed by atoms with Crippen molar-refractivity contribution in [3.05, 3.63) is 45.7 Å². The summed E-state index contributed by atoms with van der Waals surface area (Å²) in [5.74, 6) is 0. The first-order valence-electron chi connectivity index (χ1n) is 8.22. The van der Waals surface area contributed by atoms with Crippen molar-refractivity contribution in [1.82, 2.24) is 15.1 Å². The van der Waals surface area contributed by atoms with E-state index in [4.69, 9.17) is 9.47 Å². The standard InChI is InChI=1S/C18H26BrN3O2/c1-14-18(13-20-9-4-10-24-12-11-23-3)15(2)22(21-14)17-7-5-16(19)6-8-17/h5-8,20H,4,9-13H2,1-3H3. The molecule has 0 atom stereocenters. The van der Waals surface area contributed by atoms with Crippen molar-refractivity contribution >= 4 is 15.9 Å². The summed E-state index contributed by atoms with van der Waals surface area (Å²) in [5.41, 5.74) is 4.59. The molecule has 2 rings (SSSR count). The average molecular weight is 396 g/mol. The van der Waals surface area contributed by atoms with Gasteiger partial charge in [0.25, 0.3) is 0 Å². The molecule has 0 bridgehead atoms. The van der Waals surface area contributed by atoms with E-state index in [1.165, 1.54) is 11.3 Å². The lowest BCUT2D eigenvalue weighted by molar-refractivity contribution is 0.0695. The highest BCUT2D eigenvalue weighted by molar-refractivity contribution is 9.10. The number of methoxy groups -OCH3 is 1. The monoisotopic (exact) mass is 395 g/mol. The van der Waals surface area contributed by atoms with Crippen molar-refractivity contribution < 1.29 is 9.47 Å². The number of nitrogens with zero attached hydrogens (tertiary/aromatic N) is 2. The van der Waals surface area contributed by atoms with Gasteiger partial charge in [0.2, 0.25) is 0 Å². The first kappa shape index (κ1) is 19.1. The molecule has 0 saturated heterocycles. The largest absolute Gasteiger partial charge is 0.382 e. The van der Waals surface area contributed by atoms with E-state index in [0.29, 0.717) is 13.2 Å². The molecule has 0 aliphatic heterocycles. The summed E-state index contributed by atoms with van der Waals surface area (Å²) in [5, 5.41) is 8.16. The van der Waals surface area contributed by atoms with Crippen molar-refractivity contribution in [2.45, 2.75) is 26.8 Å². The Hall–Kier alpha value is -1.21. The molecule has 0 unspecified atom stereocenters. The number of nitrogens with one attached hydrogen (secondary N) is 1. The van der Waals surface area contributed by atoms with E-state index in [2.05, 4.69) is 52.3 Å². The summed E-state index contributed by atoms with van der Waals surface area (Å²) in [4.78, 5) is 0. The predicted octanol–water partition coefficient (Wildman–Crippen LogP) is 3.39. The van der Waals surface area contributed by atoms with Gasteiger partial charge in [-0.2, -0.15) is 5.10 Å². The number of ether oxygens (including phenoxy) is 2. The number of hydrogen-bond donors (Lipinski definition) is 1.